The van der Waals surface area contributed by atoms with Gasteiger partial charge in [-0.3, -0.25) is 9.59 Å². The summed E-state index contributed by atoms with van der Waals surface area (Å²) in [7, 11) is 0. The molecule has 0 radical (unpaired) electrons. The number of aryl methyl sites for hydroxylation is 2. The third-order valence-electron chi connectivity index (χ3n) is 9.57. The third kappa shape index (κ3) is 3.22. The molecule has 0 aromatic carbocycles. The van der Waals surface area contributed by atoms with Gasteiger partial charge in [0.1, 0.15) is 11.2 Å². The standard InChI is InChI=1S/C27H35NO6S/c1-14-8-20-25(32,23(14)31)11-17(12-29)9-18-22-24(4,5)26(22,10-15(2)27(18,20)33)34-21(30)7-6-19-16(3)28-13-35-19/h8-9,13,15,18,20,22,29,32-33H,6-7,10-12H2,1-5H3/t15-,18+,20-,22-,25-,26+,27-/m1/s1. The summed E-state index contributed by atoms with van der Waals surface area (Å²) in [6.07, 6.45) is 4.83. The van der Waals surface area contributed by atoms with Crippen LogP contribution in [0.2, 0.25) is 0 Å². The Morgan fingerprint density at radius 3 is 2.60 bits per heavy atom. The van der Waals surface area contributed by atoms with Gasteiger partial charge in [-0.1, -0.05) is 32.9 Å². The smallest absolute Gasteiger partial charge is 0.306 e. The van der Waals surface area contributed by atoms with Crippen LogP contribution >= 0.6 is 11.3 Å². The summed E-state index contributed by atoms with van der Waals surface area (Å²) in [4.78, 5) is 31.4. The number of hydrogen-bond acceptors (Lipinski definition) is 8. The molecule has 4 aliphatic rings. The second-order valence-corrected chi connectivity index (χ2v) is 12.6. The van der Waals surface area contributed by atoms with Gasteiger partial charge >= 0.3 is 5.97 Å². The van der Waals surface area contributed by atoms with E-state index in [1.54, 1.807) is 18.5 Å². The average molecular weight is 502 g/mol. The van der Waals surface area contributed by atoms with Crippen molar-refractivity contribution < 1.29 is 29.6 Å². The Morgan fingerprint density at radius 1 is 1.26 bits per heavy atom. The van der Waals surface area contributed by atoms with Gasteiger partial charge in [0, 0.05) is 34.5 Å². The molecule has 4 aliphatic carbocycles. The van der Waals surface area contributed by atoms with Crippen LogP contribution in [-0.2, 0) is 20.7 Å². The van der Waals surface area contributed by atoms with E-state index in [1.807, 2.05) is 19.9 Å². The maximum absolute atomic E-state index is 13.0. The van der Waals surface area contributed by atoms with Crippen molar-refractivity contribution in [3.8, 4) is 0 Å². The second-order valence-electron chi connectivity index (χ2n) is 11.7. The Morgan fingerprint density at radius 2 is 1.97 bits per heavy atom. The summed E-state index contributed by atoms with van der Waals surface area (Å²) >= 11 is 1.54. The summed E-state index contributed by atoms with van der Waals surface area (Å²) in [6.45, 7) is 9.32. The molecule has 7 atom stereocenters. The van der Waals surface area contributed by atoms with Crippen LogP contribution in [0.4, 0.5) is 0 Å². The molecule has 0 aliphatic heterocycles. The highest BCUT2D eigenvalue weighted by Gasteiger charge is 2.83. The Bertz CT molecular complexity index is 1150. The van der Waals surface area contributed by atoms with Gasteiger partial charge in [0.2, 0.25) is 0 Å². The fourth-order valence-electron chi connectivity index (χ4n) is 7.63. The Hall–Kier alpha value is -1.87. The van der Waals surface area contributed by atoms with Gasteiger partial charge in [0.05, 0.1) is 29.8 Å². The number of carbonyl (C=O) groups is 2. The predicted molar refractivity (Wildman–Crippen MR) is 130 cm³/mol. The number of hydrogen-bond donors (Lipinski definition) is 3. The zero-order valence-corrected chi connectivity index (χ0v) is 21.8. The fraction of sp³-hybridized carbons (Fsp3) is 0.667. The molecule has 5 rings (SSSR count). The summed E-state index contributed by atoms with van der Waals surface area (Å²) in [6, 6.07) is 0. The molecule has 0 saturated heterocycles. The minimum atomic E-state index is -1.78. The lowest BCUT2D eigenvalue weighted by Gasteiger charge is -2.50. The van der Waals surface area contributed by atoms with Crippen molar-refractivity contribution in [2.45, 2.75) is 77.1 Å². The van der Waals surface area contributed by atoms with Crippen LogP contribution in [0.1, 0.15) is 57.5 Å². The highest BCUT2D eigenvalue weighted by molar-refractivity contribution is 7.09. The SMILES string of the molecule is CC1=C[C@H]2[C@@]3(O)[C@H](C)C[C@]4(OC(=O)CCc5scnc5C)[C@H]([C@@H]3C=C(CO)C[C@]2(O)C1=O)C4(C)C. The van der Waals surface area contributed by atoms with Gasteiger partial charge in [-0.15, -0.1) is 11.3 Å². The molecule has 0 spiro atoms. The van der Waals surface area contributed by atoms with Crippen LogP contribution in [0.15, 0.2) is 28.8 Å². The topological polar surface area (TPSA) is 117 Å². The number of fused-ring (bicyclic) bond motifs is 5. The maximum atomic E-state index is 13.0. The van der Waals surface area contributed by atoms with E-state index in [0.717, 1.165) is 10.6 Å². The molecular weight excluding hydrogens is 466 g/mol. The molecular formula is C27H35NO6S. The van der Waals surface area contributed by atoms with Crippen LogP contribution in [-0.4, -0.2) is 55.5 Å². The molecule has 3 N–H and O–H groups in total. The number of ether oxygens (including phenoxy) is 1. The van der Waals surface area contributed by atoms with Crippen molar-refractivity contribution in [1.29, 1.82) is 0 Å². The first kappa shape index (κ1) is 24.8. The number of rotatable bonds is 5. The number of aliphatic hydroxyl groups excluding tert-OH is 1. The van der Waals surface area contributed by atoms with E-state index in [0.29, 0.717) is 24.0 Å². The Balaban J connectivity index is 1.48. The van der Waals surface area contributed by atoms with Crippen molar-refractivity contribution in [1.82, 2.24) is 4.98 Å². The molecule has 2 fully saturated rings. The summed E-state index contributed by atoms with van der Waals surface area (Å²) in [5.74, 6) is -2.48. The maximum Gasteiger partial charge on any atom is 0.306 e. The van der Waals surface area contributed by atoms with Crippen molar-refractivity contribution in [3.05, 3.63) is 39.4 Å². The molecule has 2 saturated carbocycles. The van der Waals surface area contributed by atoms with Crippen LogP contribution in [0.3, 0.4) is 0 Å². The van der Waals surface area contributed by atoms with E-state index >= 15 is 0 Å². The van der Waals surface area contributed by atoms with E-state index in [-0.39, 0.29) is 43.0 Å². The zero-order chi connectivity index (χ0) is 25.6. The van der Waals surface area contributed by atoms with Crippen molar-refractivity contribution in [3.63, 3.8) is 0 Å². The van der Waals surface area contributed by atoms with E-state index in [4.69, 9.17) is 4.74 Å². The van der Waals surface area contributed by atoms with E-state index in [2.05, 4.69) is 18.8 Å². The van der Waals surface area contributed by atoms with Crippen molar-refractivity contribution >= 4 is 23.1 Å². The van der Waals surface area contributed by atoms with E-state index < -0.39 is 34.1 Å². The minimum absolute atomic E-state index is 0.0134. The molecule has 1 aromatic heterocycles. The lowest BCUT2D eigenvalue weighted by Crippen LogP contribution is -2.61. The molecule has 7 nitrogen and oxygen atoms in total. The Labute approximate surface area is 209 Å². The third-order valence-corrected chi connectivity index (χ3v) is 10.6. The molecule has 8 heteroatoms. The Kier molecular flexibility index (Phi) is 5.54. The number of ketones is 1. The number of nitrogens with zero attached hydrogens (tertiary/aromatic N) is 1. The van der Waals surface area contributed by atoms with Crippen LogP contribution in [0.25, 0.3) is 0 Å². The van der Waals surface area contributed by atoms with Gasteiger partial charge in [0.25, 0.3) is 0 Å². The molecule has 190 valence electrons. The first-order chi connectivity index (χ1) is 16.3. The highest BCUT2D eigenvalue weighted by Crippen LogP contribution is 2.76. The number of thiazole rings is 1. The summed E-state index contributed by atoms with van der Waals surface area (Å²) in [5, 5.41) is 34.0. The quantitative estimate of drug-likeness (QED) is 0.420. The highest BCUT2D eigenvalue weighted by atomic mass is 32.1. The number of aromatic nitrogens is 1. The monoisotopic (exact) mass is 501 g/mol. The van der Waals surface area contributed by atoms with Crippen molar-refractivity contribution in [2.75, 3.05) is 6.61 Å². The predicted octanol–water partition coefficient (Wildman–Crippen LogP) is 2.91. The first-order valence-electron chi connectivity index (χ1n) is 12.4. The number of carbonyl (C=O) groups excluding carboxylic acids is 2. The van der Waals surface area contributed by atoms with Gasteiger partial charge in [-0.05, 0) is 43.8 Å². The van der Waals surface area contributed by atoms with Gasteiger partial charge in [0.15, 0.2) is 5.78 Å². The van der Waals surface area contributed by atoms with Gasteiger partial charge in [-0.25, -0.2) is 4.98 Å². The van der Waals surface area contributed by atoms with Crippen LogP contribution < -0.4 is 0 Å². The minimum Gasteiger partial charge on any atom is -0.458 e. The van der Waals surface area contributed by atoms with Gasteiger partial charge in [-0.2, -0.15) is 0 Å². The normalized spacial score (nSPS) is 41.2. The van der Waals surface area contributed by atoms with Gasteiger partial charge < -0.3 is 20.1 Å². The summed E-state index contributed by atoms with van der Waals surface area (Å²) in [5.41, 5.74) is -0.659. The number of Topliss-reactive ketones (excluding diaryl/α,β-unsaturated/α-hetero) is 1. The number of aliphatic hydroxyl groups is 3. The first-order valence-corrected chi connectivity index (χ1v) is 13.3. The van der Waals surface area contributed by atoms with Crippen LogP contribution in [0, 0.1) is 36.0 Å². The average Bonchev–Trinajstić information content (AvgIpc) is 3.02. The van der Waals surface area contributed by atoms with E-state index in [1.165, 1.54) is 11.3 Å². The lowest BCUT2D eigenvalue weighted by atomic mass is 9.60. The number of esters is 1. The fourth-order valence-corrected chi connectivity index (χ4v) is 8.41. The summed E-state index contributed by atoms with van der Waals surface area (Å²) < 4.78 is 6.26. The second kappa shape index (κ2) is 7.81. The van der Waals surface area contributed by atoms with Crippen LogP contribution in [0.5, 0.6) is 0 Å². The largest absolute Gasteiger partial charge is 0.458 e. The lowest BCUT2D eigenvalue weighted by molar-refractivity contribution is -0.187. The molecule has 0 unspecified atom stereocenters. The molecule has 1 aromatic rings. The zero-order valence-electron chi connectivity index (χ0n) is 21.0. The molecule has 1 heterocycles. The molecule has 0 bridgehead atoms. The van der Waals surface area contributed by atoms with E-state index in [9.17, 15) is 24.9 Å². The molecule has 35 heavy (non-hydrogen) atoms. The molecule has 0 amide bonds. The van der Waals surface area contributed by atoms with Crippen molar-refractivity contribution in [2.24, 2.45) is 29.1 Å².